The Bertz CT molecular complexity index is 221. The van der Waals surface area contributed by atoms with E-state index < -0.39 is 0 Å². The molecule has 0 fully saturated rings. The zero-order valence-electron chi connectivity index (χ0n) is 7.13. The van der Waals surface area contributed by atoms with E-state index in [0.29, 0.717) is 11.1 Å². The van der Waals surface area contributed by atoms with Crippen LogP contribution in [0.1, 0.15) is 19.5 Å². The Morgan fingerprint density at radius 2 is 2.27 bits per heavy atom. The lowest BCUT2D eigenvalue weighted by atomic mass is 10.1. The first-order valence-corrected chi connectivity index (χ1v) is 4.16. The number of hydrogen-bond donors (Lipinski definition) is 0. The second-order valence-electron chi connectivity index (χ2n) is 3.18. The highest BCUT2D eigenvalue weighted by Gasteiger charge is 2.03. The molecule has 11 heavy (non-hydrogen) atoms. The van der Waals surface area contributed by atoms with Gasteiger partial charge in [-0.25, -0.2) is 0 Å². The number of aryl methyl sites for hydroxylation is 1. The van der Waals surface area contributed by atoms with Crippen LogP contribution in [0.2, 0.25) is 5.15 Å². The van der Waals surface area contributed by atoms with E-state index in [1.165, 1.54) is 0 Å². The van der Waals surface area contributed by atoms with E-state index in [1.807, 2.05) is 13.1 Å². The molecule has 0 aliphatic rings. The fourth-order valence-corrected chi connectivity index (χ4v) is 1.18. The first-order chi connectivity index (χ1) is 5.09. The Kier molecular flexibility index (Phi) is 2.55. The van der Waals surface area contributed by atoms with Crippen molar-refractivity contribution in [1.29, 1.82) is 0 Å². The van der Waals surface area contributed by atoms with Crippen LogP contribution < -0.4 is 0 Å². The van der Waals surface area contributed by atoms with Gasteiger partial charge in [0.15, 0.2) is 0 Å². The van der Waals surface area contributed by atoms with Crippen LogP contribution in [0.25, 0.3) is 0 Å². The first-order valence-electron chi connectivity index (χ1n) is 3.78. The summed E-state index contributed by atoms with van der Waals surface area (Å²) in [6.45, 7) is 4.34. The molecule has 0 bridgehead atoms. The molecule has 0 aliphatic carbocycles. The summed E-state index contributed by atoms with van der Waals surface area (Å²) >= 11 is 5.81. The molecule has 0 saturated carbocycles. The fraction of sp³-hybridized carbons (Fsp3) is 0.625. The van der Waals surface area contributed by atoms with Crippen LogP contribution in [-0.4, -0.2) is 9.78 Å². The molecule has 0 spiro atoms. The Hall–Kier alpha value is -0.500. The third-order valence-electron chi connectivity index (χ3n) is 1.49. The molecule has 62 valence electrons. The molecular formula is C8H13ClN2. The molecule has 0 saturated heterocycles. The first kappa shape index (κ1) is 8.60. The van der Waals surface area contributed by atoms with Crippen LogP contribution in [0.4, 0.5) is 0 Å². The summed E-state index contributed by atoms with van der Waals surface area (Å²) in [5.41, 5.74) is 1.08. The maximum Gasteiger partial charge on any atom is 0.126 e. The molecular weight excluding hydrogens is 160 g/mol. The van der Waals surface area contributed by atoms with E-state index in [4.69, 9.17) is 11.6 Å². The van der Waals surface area contributed by atoms with Crippen molar-refractivity contribution < 1.29 is 0 Å². The topological polar surface area (TPSA) is 17.8 Å². The number of aromatic nitrogens is 2. The minimum Gasteiger partial charge on any atom is -0.257 e. The maximum absolute atomic E-state index is 5.81. The molecule has 1 rings (SSSR count). The lowest BCUT2D eigenvalue weighted by molar-refractivity contribution is 0.620. The number of halogens is 1. The third-order valence-corrected chi connectivity index (χ3v) is 1.84. The van der Waals surface area contributed by atoms with Crippen molar-refractivity contribution in [2.45, 2.75) is 20.3 Å². The van der Waals surface area contributed by atoms with Gasteiger partial charge >= 0.3 is 0 Å². The van der Waals surface area contributed by atoms with Gasteiger partial charge in [0.1, 0.15) is 5.15 Å². The molecule has 3 heteroatoms. The van der Waals surface area contributed by atoms with Gasteiger partial charge in [-0.05, 0) is 18.4 Å². The van der Waals surface area contributed by atoms with E-state index in [1.54, 1.807) is 4.68 Å². The molecule has 0 amide bonds. The van der Waals surface area contributed by atoms with Crippen molar-refractivity contribution in [2.24, 2.45) is 13.0 Å². The van der Waals surface area contributed by atoms with Gasteiger partial charge in [0.25, 0.3) is 0 Å². The summed E-state index contributed by atoms with van der Waals surface area (Å²) in [6.07, 6.45) is 1.00. The van der Waals surface area contributed by atoms with Gasteiger partial charge in [-0.2, -0.15) is 5.10 Å². The summed E-state index contributed by atoms with van der Waals surface area (Å²) in [6, 6.07) is 1.92. The highest BCUT2D eigenvalue weighted by Crippen LogP contribution is 2.12. The van der Waals surface area contributed by atoms with Gasteiger partial charge in [0.05, 0.1) is 5.69 Å². The SMILES string of the molecule is CC(C)Cc1cc(Cl)n(C)n1. The van der Waals surface area contributed by atoms with Crippen molar-refractivity contribution in [3.63, 3.8) is 0 Å². The summed E-state index contributed by atoms with van der Waals surface area (Å²) in [5, 5.41) is 4.94. The van der Waals surface area contributed by atoms with E-state index >= 15 is 0 Å². The predicted molar refractivity (Wildman–Crippen MR) is 46.8 cm³/mol. The molecule has 1 aromatic rings. The zero-order chi connectivity index (χ0) is 8.43. The van der Waals surface area contributed by atoms with Crippen molar-refractivity contribution in [1.82, 2.24) is 9.78 Å². The third kappa shape index (κ3) is 2.22. The van der Waals surface area contributed by atoms with Gasteiger partial charge < -0.3 is 0 Å². The monoisotopic (exact) mass is 172 g/mol. The van der Waals surface area contributed by atoms with Crippen molar-refractivity contribution in [2.75, 3.05) is 0 Å². The molecule has 0 radical (unpaired) electrons. The predicted octanol–water partition coefficient (Wildman–Crippen LogP) is 2.27. The van der Waals surface area contributed by atoms with E-state index in [2.05, 4.69) is 18.9 Å². The van der Waals surface area contributed by atoms with Crippen LogP contribution in [0.3, 0.4) is 0 Å². The van der Waals surface area contributed by atoms with Gasteiger partial charge in [-0.15, -0.1) is 0 Å². The van der Waals surface area contributed by atoms with E-state index in [-0.39, 0.29) is 0 Å². The molecule has 0 aromatic carbocycles. The van der Waals surface area contributed by atoms with Crippen LogP contribution in [-0.2, 0) is 13.5 Å². The van der Waals surface area contributed by atoms with E-state index in [0.717, 1.165) is 12.1 Å². The largest absolute Gasteiger partial charge is 0.257 e. The molecule has 1 heterocycles. The minimum absolute atomic E-state index is 0.640. The lowest BCUT2D eigenvalue weighted by Gasteiger charge is -1.98. The molecule has 0 N–H and O–H groups in total. The molecule has 1 aromatic heterocycles. The molecule has 2 nitrogen and oxygen atoms in total. The van der Waals surface area contributed by atoms with Crippen molar-refractivity contribution >= 4 is 11.6 Å². The Morgan fingerprint density at radius 1 is 1.64 bits per heavy atom. The standard InChI is InChI=1S/C8H13ClN2/c1-6(2)4-7-5-8(9)11(3)10-7/h5-6H,4H2,1-3H3. The van der Waals surface area contributed by atoms with Crippen molar-refractivity contribution in [3.05, 3.63) is 16.9 Å². The average Bonchev–Trinajstić information content (AvgIpc) is 2.10. The highest BCUT2D eigenvalue weighted by molar-refractivity contribution is 6.29. The van der Waals surface area contributed by atoms with Gasteiger partial charge in [0, 0.05) is 7.05 Å². The highest BCUT2D eigenvalue weighted by atomic mass is 35.5. The van der Waals surface area contributed by atoms with Crippen molar-refractivity contribution in [3.8, 4) is 0 Å². The Balaban J connectivity index is 2.73. The Labute approximate surface area is 72.2 Å². The van der Waals surface area contributed by atoms with Crippen LogP contribution >= 0.6 is 11.6 Å². The second-order valence-corrected chi connectivity index (χ2v) is 3.57. The van der Waals surface area contributed by atoms with Gasteiger partial charge in [-0.3, -0.25) is 4.68 Å². The fourth-order valence-electron chi connectivity index (χ4n) is 1.02. The summed E-state index contributed by atoms with van der Waals surface area (Å²) in [5.74, 6) is 0.640. The normalized spacial score (nSPS) is 11.0. The average molecular weight is 173 g/mol. The quantitative estimate of drug-likeness (QED) is 0.669. The Morgan fingerprint density at radius 3 is 2.64 bits per heavy atom. The van der Waals surface area contributed by atoms with Crippen LogP contribution in [0, 0.1) is 5.92 Å². The summed E-state index contributed by atoms with van der Waals surface area (Å²) in [4.78, 5) is 0. The number of rotatable bonds is 2. The van der Waals surface area contributed by atoms with Gasteiger partial charge in [-0.1, -0.05) is 25.4 Å². The van der Waals surface area contributed by atoms with E-state index in [9.17, 15) is 0 Å². The number of nitrogens with zero attached hydrogens (tertiary/aromatic N) is 2. The molecule has 0 atom stereocenters. The van der Waals surface area contributed by atoms with Gasteiger partial charge in [0.2, 0.25) is 0 Å². The van der Waals surface area contributed by atoms with Crippen LogP contribution in [0.5, 0.6) is 0 Å². The molecule has 0 unspecified atom stereocenters. The second kappa shape index (κ2) is 3.26. The maximum atomic E-state index is 5.81. The lowest BCUT2D eigenvalue weighted by Crippen LogP contribution is -1.96. The smallest absolute Gasteiger partial charge is 0.126 e. The summed E-state index contributed by atoms with van der Waals surface area (Å²) in [7, 11) is 1.85. The molecule has 0 aliphatic heterocycles. The zero-order valence-corrected chi connectivity index (χ0v) is 7.89. The number of hydrogen-bond acceptors (Lipinski definition) is 1. The van der Waals surface area contributed by atoms with Crippen LogP contribution in [0.15, 0.2) is 6.07 Å². The minimum atomic E-state index is 0.640. The summed E-state index contributed by atoms with van der Waals surface area (Å²) < 4.78 is 1.69.